The zero-order valence-electron chi connectivity index (χ0n) is 8.60. The van der Waals surface area contributed by atoms with Crippen LogP contribution >= 0.6 is 11.8 Å². The summed E-state index contributed by atoms with van der Waals surface area (Å²) in [5.41, 5.74) is 0. The summed E-state index contributed by atoms with van der Waals surface area (Å²) in [6.07, 6.45) is 2.66. The number of hydrogen-bond acceptors (Lipinski definition) is 3. The molecule has 3 unspecified atom stereocenters. The number of rotatable bonds is 1. The van der Waals surface area contributed by atoms with Crippen molar-refractivity contribution in [2.45, 2.75) is 37.6 Å². The van der Waals surface area contributed by atoms with Crippen LogP contribution in [0.25, 0.3) is 0 Å². The quantitative estimate of drug-likeness (QED) is 0.669. The SMILES string of the molecule is CC1CCSC(C)(C2CCNC2)N1. The highest BCUT2D eigenvalue weighted by atomic mass is 32.2. The maximum atomic E-state index is 3.76. The average molecular weight is 200 g/mol. The fourth-order valence-electron chi connectivity index (χ4n) is 2.41. The van der Waals surface area contributed by atoms with E-state index >= 15 is 0 Å². The molecule has 2 fully saturated rings. The molecule has 2 N–H and O–H groups in total. The first-order valence-electron chi connectivity index (χ1n) is 5.33. The molecule has 2 aliphatic rings. The van der Waals surface area contributed by atoms with Crippen LogP contribution < -0.4 is 10.6 Å². The van der Waals surface area contributed by atoms with Crippen LogP contribution in [0.5, 0.6) is 0 Å². The minimum atomic E-state index is 0.334. The Hall–Kier alpha value is 0.270. The summed E-state index contributed by atoms with van der Waals surface area (Å²) in [7, 11) is 0. The molecule has 0 saturated carbocycles. The second-order valence-electron chi connectivity index (χ2n) is 4.48. The molecule has 76 valence electrons. The lowest BCUT2D eigenvalue weighted by atomic mass is 9.98. The van der Waals surface area contributed by atoms with Crippen LogP contribution in [-0.2, 0) is 0 Å². The number of hydrogen-bond donors (Lipinski definition) is 2. The Labute approximate surface area is 85.2 Å². The van der Waals surface area contributed by atoms with E-state index in [0.717, 1.165) is 5.92 Å². The molecule has 2 aliphatic heterocycles. The van der Waals surface area contributed by atoms with Gasteiger partial charge in [-0.1, -0.05) is 0 Å². The van der Waals surface area contributed by atoms with Gasteiger partial charge in [0.2, 0.25) is 0 Å². The third-order valence-electron chi connectivity index (χ3n) is 3.33. The molecule has 0 aromatic heterocycles. The van der Waals surface area contributed by atoms with Crippen molar-refractivity contribution in [3.05, 3.63) is 0 Å². The molecule has 0 spiro atoms. The van der Waals surface area contributed by atoms with Gasteiger partial charge in [0, 0.05) is 12.6 Å². The first kappa shape index (κ1) is 9.81. The van der Waals surface area contributed by atoms with Crippen LogP contribution in [0.2, 0.25) is 0 Å². The molecule has 0 bridgehead atoms. The van der Waals surface area contributed by atoms with Crippen molar-refractivity contribution in [3.63, 3.8) is 0 Å². The van der Waals surface area contributed by atoms with Gasteiger partial charge in [0.1, 0.15) is 0 Å². The van der Waals surface area contributed by atoms with Gasteiger partial charge in [0.05, 0.1) is 4.87 Å². The van der Waals surface area contributed by atoms with E-state index in [1.165, 1.54) is 31.7 Å². The minimum Gasteiger partial charge on any atom is -0.316 e. The van der Waals surface area contributed by atoms with E-state index in [2.05, 4.69) is 36.2 Å². The lowest BCUT2D eigenvalue weighted by molar-refractivity contribution is 0.313. The Balaban J connectivity index is 2.00. The molecule has 0 aromatic carbocycles. The molecule has 0 radical (unpaired) electrons. The van der Waals surface area contributed by atoms with Crippen LogP contribution in [-0.4, -0.2) is 29.8 Å². The van der Waals surface area contributed by atoms with Crippen LogP contribution in [0, 0.1) is 5.92 Å². The second kappa shape index (κ2) is 3.79. The maximum absolute atomic E-state index is 3.76. The molecule has 2 saturated heterocycles. The van der Waals surface area contributed by atoms with E-state index < -0.39 is 0 Å². The Morgan fingerprint density at radius 3 is 2.85 bits per heavy atom. The molecular weight excluding hydrogens is 180 g/mol. The second-order valence-corrected chi connectivity index (χ2v) is 6.02. The van der Waals surface area contributed by atoms with Gasteiger partial charge in [0.25, 0.3) is 0 Å². The lowest BCUT2D eigenvalue weighted by Crippen LogP contribution is -2.53. The summed E-state index contributed by atoms with van der Waals surface area (Å²) in [4.78, 5) is 0.334. The van der Waals surface area contributed by atoms with Gasteiger partial charge in [-0.2, -0.15) is 0 Å². The minimum absolute atomic E-state index is 0.334. The summed E-state index contributed by atoms with van der Waals surface area (Å²) in [6, 6.07) is 0.701. The topological polar surface area (TPSA) is 24.1 Å². The normalized spacial score (nSPS) is 46.6. The highest BCUT2D eigenvalue weighted by Gasteiger charge is 2.39. The highest BCUT2D eigenvalue weighted by Crippen LogP contribution is 2.37. The van der Waals surface area contributed by atoms with E-state index in [0.29, 0.717) is 10.9 Å². The van der Waals surface area contributed by atoms with Crippen molar-refractivity contribution >= 4 is 11.8 Å². The predicted octanol–water partition coefficient (Wildman–Crippen LogP) is 1.43. The third-order valence-corrected chi connectivity index (χ3v) is 4.82. The first-order valence-corrected chi connectivity index (χ1v) is 6.31. The highest BCUT2D eigenvalue weighted by molar-refractivity contribution is 8.00. The third kappa shape index (κ3) is 2.03. The zero-order chi connectivity index (χ0) is 9.31. The molecular formula is C10H20N2S. The molecule has 2 rings (SSSR count). The molecule has 0 aromatic rings. The summed E-state index contributed by atoms with van der Waals surface area (Å²) in [5.74, 6) is 2.14. The van der Waals surface area contributed by atoms with Gasteiger partial charge in [0.15, 0.2) is 0 Å². The van der Waals surface area contributed by atoms with Crippen LogP contribution in [0.1, 0.15) is 26.7 Å². The van der Waals surface area contributed by atoms with E-state index in [4.69, 9.17) is 0 Å². The molecule has 0 aliphatic carbocycles. The molecule has 3 atom stereocenters. The van der Waals surface area contributed by atoms with Crippen LogP contribution in [0.4, 0.5) is 0 Å². The van der Waals surface area contributed by atoms with Gasteiger partial charge in [-0.15, -0.1) is 11.8 Å². The lowest BCUT2D eigenvalue weighted by Gasteiger charge is -2.42. The van der Waals surface area contributed by atoms with Gasteiger partial charge >= 0.3 is 0 Å². The Morgan fingerprint density at radius 2 is 2.23 bits per heavy atom. The first-order chi connectivity index (χ1) is 6.21. The Kier molecular flexibility index (Phi) is 2.86. The van der Waals surface area contributed by atoms with Gasteiger partial charge in [-0.3, -0.25) is 0 Å². The number of nitrogens with one attached hydrogen (secondary N) is 2. The predicted molar refractivity (Wildman–Crippen MR) is 59.1 cm³/mol. The fourth-order valence-corrected chi connectivity index (χ4v) is 4.03. The molecule has 2 heterocycles. The monoisotopic (exact) mass is 200 g/mol. The Morgan fingerprint density at radius 1 is 1.38 bits per heavy atom. The average Bonchev–Trinajstić information content (AvgIpc) is 2.55. The van der Waals surface area contributed by atoms with E-state index in [1.54, 1.807) is 0 Å². The molecule has 2 nitrogen and oxygen atoms in total. The summed E-state index contributed by atoms with van der Waals surface area (Å²) in [6.45, 7) is 7.09. The van der Waals surface area contributed by atoms with Crippen molar-refractivity contribution < 1.29 is 0 Å². The largest absolute Gasteiger partial charge is 0.316 e. The van der Waals surface area contributed by atoms with Crippen molar-refractivity contribution in [1.29, 1.82) is 0 Å². The van der Waals surface area contributed by atoms with Gasteiger partial charge in [-0.25, -0.2) is 0 Å². The summed E-state index contributed by atoms with van der Waals surface area (Å²) < 4.78 is 0. The van der Waals surface area contributed by atoms with Crippen LogP contribution in [0.15, 0.2) is 0 Å². The summed E-state index contributed by atoms with van der Waals surface area (Å²) >= 11 is 2.12. The molecule has 13 heavy (non-hydrogen) atoms. The zero-order valence-corrected chi connectivity index (χ0v) is 9.41. The smallest absolute Gasteiger partial charge is 0.0659 e. The maximum Gasteiger partial charge on any atom is 0.0659 e. The van der Waals surface area contributed by atoms with Crippen molar-refractivity contribution in [2.24, 2.45) is 5.92 Å². The van der Waals surface area contributed by atoms with Crippen LogP contribution in [0.3, 0.4) is 0 Å². The van der Waals surface area contributed by atoms with E-state index in [1.807, 2.05) is 0 Å². The van der Waals surface area contributed by atoms with Crippen molar-refractivity contribution in [2.75, 3.05) is 18.8 Å². The van der Waals surface area contributed by atoms with Crippen molar-refractivity contribution in [3.8, 4) is 0 Å². The molecule has 3 heteroatoms. The van der Waals surface area contributed by atoms with E-state index in [-0.39, 0.29) is 0 Å². The standard InChI is InChI=1S/C10H20N2S/c1-8-4-6-13-10(2,12-8)9-3-5-11-7-9/h8-9,11-12H,3-7H2,1-2H3. The van der Waals surface area contributed by atoms with Gasteiger partial charge < -0.3 is 10.6 Å². The fraction of sp³-hybridized carbons (Fsp3) is 1.00. The van der Waals surface area contributed by atoms with E-state index in [9.17, 15) is 0 Å². The number of thioether (sulfide) groups is 1. The summed E-state index contributed by atoms with van der Waals surface area (Å²) in [5, 5.41) is 7.21. The molecule has 0 amide bonds. The van der Waals surface area contributed by atoms with Gasteiger partial charge in [-0.05, 0) is 44.9 Å². The Bertz CT molecular complexity index is 180. The van der Waals surface area contributed by atoms with Crippen molar-refractivity contribution in [1.82, 2.24) is 10.6 Å².